The SMILES string of the molecule is COc1ccc(OC)c([C@@H]2C(C(=O)c3cccs3)=C(O)C(=O)N2c2nccs2)c1. The summed E-state index contributed by atoms with van der Waals surface area (Å²) in [6.07, 6.45) is 1.56. The number of aliphatic hydroxyl groups excluding tert-OH is 1. The zero-order valence-corrected chi connectivity index (χ0v) is 17.1. The normalized spacial score (nSPS) is 16.4. The number of methoxy groups -OCH3 is 2. The van der Waals surface area contributed by atoms with Crippen molar-refractivity contribution in [3.05, 3.63) is 69.1 Å². The van der Waals surface area contributed by atoms with Crippen molar-refractivity contribution in [3.63, 3.8) is 0 Å². The second-order valence-electron chi connectivity index (χ2n) is 6.07. The van der Waals surface area contributed by atoms with E-state index < -0.39 is 23.5 Å². The number of hydrogen-bond donors (Lipinski definition) is 1. The van der Waals surface area contributed by atoms with Gasteiger partial charge in [-0.3, -0.25) is 14.5 Å². The number of ether oxygens (including phenoxy) is 2. The summed E-state index contributed by atoms with van der Waals surface area (Å²) >= 11 is 2.48. The smallest absolute Gasteiger partial charge is 0.296 e. The Hall–Kier alpha value is -3.17. The van der Waals surface area contributed by atoms with E-state index in [0.29, 0.717) is 27.1 Å². The summed E-state index contributed by atoms with van der Waals surface area (Å²) in [5.74, 6) is -0.707. The van der Waals surface area contributed by atoms with E-state index >= 15 is 0 Å². The van der Waals surface area contributed by atoms with Crippen molar-refractivity contribution < 1.29 is 24.2 Å². The minimum Gasteiger partial charge on any atom is -0.503 e. The van der Waals surface area contributed by atoms with Crippen LogP contribution in [0.15, 0.2) is 58.6 Å². The molecule has 148 valence electrons. The molecule has 0 bridgehead atoms. The van der Waals surface area contributed by atoms with Crippen LogP contribution in [0.4, 0.5) is 5.13 Å². The first-order valence-corrected chi connectivity index (χ1v) is 10.3. The van der Waals surface area contributed by atoms with Gasteiger partial charge in [0, 0.05) is 17.1 Å². The van der Waals surface area contributed by atoms with Gasteiger partial charge in [0.25, 0.3) is 5.91 Å². The summed E-state index contributed by atoms with van der Waals surface area (Å²) in [4.78, 5) is 32.2. The van der Waals surface area contributed by atoms with Crippen molar-refractivity contribution >= 4 is 39.5 Å². The first-order chi connectivity index (χ1) is 14.1. The molecule has 7 nitrogen and oxygen atoms in total. The lowest BCUT2D eigenvalue weighted by Crippen LogP contribution is -2.31. The highest BCUT2D eigenvalue weighted by molar-refractivity contribution is 7.14. The highest BCUT2D eigenvalue weighted by Gasteiger charge is 2.47. The average molecular weight is 428 g/mol. The largest absolute Gasteiger partial charge is 0.503 e. The summed E-state index contributed by atoms with van der Waals surface area (Å²) in [5, 5.41) is 14.5. The van der Waals surface area contributed by atoms with E-state index in [0.717, 1.165) is 0 Å². The first kappa shape index (κ1) is 19.2. The molecule has 3 heterocycles. The Morgan fingerprint density at radius 1 is 1.17 bits per heavy atom. The Morgan fingerprint density at radius 3 is 2.62 bits per heavy atom. The van der Waals surface area contributed by atoms with Gasteiger partial charge in [-0.2, -0.15) is 0 Å². The number of Topliss-reactive ketones (excluding diaryl/α,β-unsaturated/α-hetero) is 1. The zero-order chi connectivity index (χ0) is 20.5. The molecule has 0 fully saturated rings. The van der Waals surface area contributed by atoms with Gasteiger partial charge >= 0.3 is 0 Å². The van der Waals surface area contributed by atoms with Gasteiger partial charge in [-0.15, -0.1) is 22.7 Å². The van der Waals surface area contributed by atoms with Crippen molar-refractivity contribution in [1.82, 2.24) is 4.98 Å². The molecule has 0 saturated carbocycles. The maximum absolute atomic E-state index is 13.2. The van der Waals surface area contributed by atoms with E-state index in [1.54, 1.807) is 47.3 Å². The third kappa shape index (κ3) is 3.18. The van der Waals surface area contributed by atoms with Gasteiger partial charge in [-0.1, -0.05) is 6.07 Å². The number of anilines is 1. The summed E-state index contributed by atoms with van der Waals surface area (Å²) in [7, 11) is 3.02. The van der Waals surface area contributed by atoms with E-state index in [1.165, 1.54) is 41.8 Å². The molecule has 0 spiro atoms. The molecule has 1 amide bonds. The van der Waals surface area contributed by atoms with E-state index in [2.05, 4.69) is 4.98 Å². The van der Waals surface area contributed by atoms with Gasteiger partial charge < -0.3 is 14.6 Å². The molecule has 1 N–H and O–H groups in total. The van der Waals surface area contributed by atoms with Crippen LogP contribution in [0.25, 0.3) is 0 Å². The first-order valence-electron chi connectivity index (χ1n) is 8.53. The number of thiophene rings is 1. The van der Waals surface area contributed by atoms with Gasteiger partial charge in [0.2, 0.25) is 5.78 Å². The molecular formula is C20H16N2O5S2. The van der Waals surface area contributed by atoms with Gasteiger partial charge in [0.1, 0.15) is 17.5 Å². The fourth-order valence-electron chi connectivity index (χ4n) is 3.26. The number of thiazole rings is 1. The summed E-state index contributed by atoms with van der Waals surface area (Å²) in [5.41, 5.74) is 0.499. The Bertz CT molecular complexity index is 1090. The second kappa shape index (κ2) is 7.69. The Kier molecular flexibility index (Phi) is 5.08. The number of carbonyl (C=O) groups excluding carboxylic acids is 2. The van der Waals surface area contributed by atoms with E-state index in [4.69, 9.17) is 9.47 Å². The topological polar surface area (TPSA) is 89.0 Å². The maximum Gasteiger partial charge on any atom is 0.296 e. The molecule has 0 aliphatic carbocycles. The maximum atomic E-state index is 13.2. The Morgan fingerprint density at radius 2 is 2.00 bits per heavy atom. The standard InChI is InChI=1S/C20H16N2O5S2/c1-26-11-5-6-13(27-2)12(10-11)16-15(17(23)14-4-3-8-28-14)18(24)19(25)22(16)20-21-7-9-29-20/h3-10,16,24H,1-2H3/t16-/m1/s1. The molecule has 4 rings (SSSR count). The highest BCUT2D eigenvalue weighted by Crippen LogP contribution is 2.46. The molecule has 0 unspecified atom stereocenters. The Labute approximate surface area is 174 Å². The monoisotopic (exact) mass is 428 g/mol. The van der Waals surface area contributed by atoms with Crippen LogP contribution < -0.4 is 14.4 Å². The predicted molar refractivity (Wildman–Crippen MR) is 110 cm³/mol. The third-order valence-corrected chi connectivity index (χ3v) is 6.19. The van der Waals surface area contributed by atoms with Gasteiger partial charge in [-0.05, 0) is 29.6 Å². The van der Waals surface area contributed by atoms with Crippen LogP contribution in [0.1, 0.15) is 21.3 Å². The number of nitrogens with zero attached hydrogens (tertiary/aromatic N) is 2. The van der Waals surface area contributed by atoms with Crippen molar-refractivity contribution in [2.75, 3.05) is 19.1 Å². The average Bonchev–Trinajstić information content (AvgIpc) is 3.49. The molecule has 1 aromatic carbocycles. The molecule has 9 heteroatoms. The molecule has 29 heavy (non-hydrogen) atoms. The summed E-state index contributed by atoms with van der Waals surface area (Å²) in [6.45, 7) is 0. The molecule has 1 aliphatic rings. The molecule has 1 atom stereocenters. The molecule has 3 aromatic rings. The number of hydrogen-bond acceptors (Lipinski definition) is 8. The number of carbonyl (C=O) groups is 2. The molecule has 0 radical (unpaired) electrons. The third-order valence-electron chi connectivity index (χ3n) is 4.55. The molecule has 1 aliphatic heterocycles. The Balaban J connectivity index is 1.94. The number of aromatic nitrogens is 1. The van der Waals surface area contributed by atoms with Crippen molar-refractivity contribution in [2.24, 2.45) is 0 Å². The van der Waals surface area contributed by atoms with Gasteiger partial charge in [0.15, 0.2) is 10.9 Å². The molecule has 0 saturated heterocycles. The molecular weight excluding hydrogens is 412 g/mol. The van der Waals surface area contributed by atoms with Crippen LogP contribution in [-0.2, 0) is 4.79 Å². The lowest BCUT2D eigenvalue weighted by atomic mass is 9.94. The lowest BCUT2D eigenvalue weighted by Gasteiger charge is -2.26. The van der Waals surface area contributed by atoms with Crippen LogP contribution in [0.5, 0.6) is 11.5 Å². The lowest BCUT2D eigenvalue weighted by molar-refractivity contribution is -0.117. The number of benzene rings is 1. The van der Waals surface area contributed by atoms with Crippen LogP contribution in [0, 0.1) is 0 Å². The van der Waals surface area contributed by atoms with Crippen molar-refractivity contribution in [3.8, 4) is 11.5 Å². The number of rotatable bonds is 6. The van der Waals surface area contributed by atoms with Crippen LogP contribution >= 0.6 is 22.7 Å². The summed E-state index contributed by atoms with van der Waals surface area (Å²) < 4.78 is 10.8. The van der Waals surface area contributed by atoms with Crippen molar-refractivity contribution in [1.29, 1.82) is 0 Å². The van der Waals surface area contributed by atoms with Crippen LogP contribution in [0.2, 0.25) is 0 Å². The van der Waals surface area contributed by atoms with E-state index in [-0.39, 0.29) is 5.57 Å². The fraction of sp³-hybridized carbons (Fsp3) is 0.150. The van der Waals surface area contributed by atoms with Crippen molar-refractivity contribution in [2.45, 2.75) is 6.04 Å². The van der Waals surface area contributed by atoms with Gasteiger partial charge in [-0.25, -0.2) is 4.98 Å². The molecule has 2 aromatic heterocycles. The van der Waals surface area contributed by atoms with E-state index in [9.17, 15) is 14.7 Å². The summed E-state index contributed by atoms with van der Waals surface area (Å²) in [6, 6.07) is 7.60. The van der Waals surface area contributed by atoms with Gasteiger partial charge in [0.05, 0.1) is 24.7 Å². The van der Waals surface area contributed by atoms with E-state index in [1.807, 2.05) is 0 Å². The fourth-order valence-corrected chi connectivity index (χ4v) is 4.60. The zero-order valence-electron chi connectivity index (χ0n) is 15.5. The second-order valence-corrected chi connectivity index (χ2v) is 7.89. The highest BCUT2D eigenvalue weighted by atomic mass is 32.1. The number of amides is 1. The number of ketones is 1. The minimum absolute atomic E-state index is 0.0146. The van der Waals surface area contributed by atoms with Crippen LogP contribution in [0.3, 0.4) is 0 Å². The minimum atomic E-state index is -0.909. The predicted octanol–water partition coefficient (Wildman–Crippen LogP) is 4.00. The number of aliphatic hydroxyl groups is 1. The quantitative estimate of drug-likeness (QED) is 0.597. The van der Waals surface area contributed by atoms with Crippen LogP contribution in [-0.4, -0.2) is 36.0 Å².